The summed E-state index contributed by atoms with van der Waals surface area (Å²) < 4.78 is 0. The normalized spacial score (nSPS) is 9.00. The van der Waals surface area contributed by atoms with Crippen LogP contribution >= 0.6 is 0 Å². The van der Waals surface area contributed by atoms with Gasteiger partial charge in [-0.25, -0.2) is 0 Å². The highest BCUT2D eigenvalue weighted by Crippen LogP contribution is 2.12. The molecule has 0 unspecified atom stereocenters. The van der Waals surface area contributed by atoms with Crippen LogP contribution in [0.15, 0.2) is 36.9 Å². The van der Waals surface area contributed by atoms with Gasteiger partial charge in [0.25, 0.3) is 0 Å². The van der Waals surface area contributed by atoms with Crippen LogP contribution in [0.1, 0.15) is 0 Å². The standard InChI is InChI=1S/C10H12N2O/c1-3-10(13)12-9-6-4-8(11-2)5-7-9/h3-7,11H,1H2,2H3,(H,12,13). The van der Waals surface area contributed by atoms with Gasteiger partial charge in [0.2, 0.25) is 5.91 Å². The number of amides is 1. The molecule has 68 valence electrons. The Labute approximate surface area is 77.5 Å². The Hall–Kier alpha value is -1.77. The summed E-state index contributed by atoms with van der Waals surface area (Å²) in [6.07, 6.45) is 1.24. The molecule has 0 saturated carbocycles. The number of anilines is 2. The Balaban J connectivity index is 2.69. The molecule has 3 heteroatoms. The Bertz CT molecular complexity index is 303. The second kappa shape index (κ2) is 4.30. The predicted octanol–water partition coefficient (Wildman–Crippen LogP) is 1.85. The SMILES string of the molecule is C=CC(=O)Nc1ccc(NC)cc1. The van der Waals surface area contributed by atoms with Gasteiger partial charge in [0.1, 0.15) is 0 Å². The average Bonchev–Trinajstić information content (AvgIpc) is 2.19. The Morgan fingerprint density at radius 3 is 2.31 bits per heavy atom. The molecular formula is C10H12N2O. The number of benzene rings is 1. The first-order valence-electron chi connectivity index (χ1n) is 3.97. The molecule has 0 radical (unpaired) electrons. The van der Waals surface area contributed by atoms with Gasteiger partial charge in [0.15, 0.2) is 0 Å². The highest BCUT2D eigenvalue weighted by Gasteiger charge is 1.95. The number of nitrogens with one attached hydrogen (secondary N) is 2. The van der Waals surface area contributed by atoms with Gasteiger partial charge < -0.3 is 10.6 Å². The molecule has 3 nitrogen and oxygen atoms in total. The monoisotopic (exact) mass is 176 g/mol. The van der Waals surface area contributed by atoms with Crippen molar-refractivity contribution < 1.29 is 4.79 Å². The molecule has 0 aromatic heterocycles. The highest BCUT2D eigenvalue weighted by molar-refractivity contribution is 5.98. The van der Waals surface area contributed by atoms with Gasteiger partial charge in [-0.15, -0.1) is 0 Å². The van der Waals surface area contributed by atoms with Crippen molar-refractivity contribution in [1.82, 2.24) is 0 Å². The Kier molecular flexibility index (Phi) is 3.09. The molecule has 13 heavy (non-hydrogen) atoms. The van der Waals surface area contributed by atoms with E-state index in [2.05, 4.69) is 17.2 Å². The molecule has 0 aliphatic carbocycles. The third-order valence-corrected chi connectivity index (χ3v) is 1.63. The molecular weight excluding hydrogens is 164 g/mol. The minimum atomic E-state index is -0.197. The van der Waals surface area contributed by atoms with Crippen LogP contribution in [0.5, 0.6) is 0 Å². The largest absolute Gasteiger partial charge is 0.388 e. The fourth-order valence-corrected chi connectivity index (χ4v) is 0.914. The lowest BCUT2D eigenvalue weighted by atomic mass is 10.3. The summed E-state index contributed by atoms with van der Waals surface area (Å²) in [6, 6.07) is 7.43. The van der Waals surface area contributed by atoms with Crippen LogP contribution in [0.2, 0.25) is 0 Å². The van der Waals surface area contributed by atoms with Gasteiger partial charge >= 0.3 is 0 Å². The summed E-state index contributed by atoms with van der Waals surface area (Å²) >= 11 is 0. The van der Waals surface area contributed by atoms with E-state index in [-0.39, 0.29) is 5.91 Å². The summed E-state index contributed by atoms with van der Waals surface area (Å²) in [5.41, 5.74) is 1.78. The number of carbonyl (C=O) groups is 1. The van der Waals surface area contributed by atoms with Crippen molar-refractivity contribution in [2.45, 2.75) is 0 Å². The van der Waals surface area contributed by atoms with E-state index in [9.17, 15) is 4.79 Å². The van der Waals surface area contributed by atoms with E-state index in [1.54, 1.807) is 0 Å². The molecule has 0 saturated heterocycles. The zero-order valence-corrected chi connectivity index (χ0v) is 7.50. The van der Waals surface area contributed by atoms with E-state index in [4.69, 9.17) is 0 Å². The van der Waals surface area contributed by atoms with Crippen LogP contribution in [0.4, 0.5) is 11.4 Å². The molecule has 0 atom stereocenters. The smallest absolute Gasteiger partial charge is 0.247 e. The van der Waals surface area contributed by atoms with Gasteiger partial charge in [0, 0.05) is 18.4 Å². The van der Waals surface area contributed by atoms with Gasteiger partial charge in [-0.1, -0.05) is 6.58 Å². The number of carbonyl (C=O) groups excluding carboxylic acids is 1. The van der Waals surface area contributed by atoms with Crippen LogP contribution in [0.25, 0.3) is 0 Å². The van der Waals surface area contributed by atoms with E-state index in [0.717, 1.165) is 11.4 Å². The predicted molar refractivity (Wildman–Crippen MR) is 54.8 cm³/mol. The minimum absolute atomic E-state index is 0.197. The summed E-state index contributed by atoms with van der Waals surface area (Å²) in [5.74, 6) is -0.197. The van der Waals surface area contributed by atoms with Gasteiger partial charge in [-0.3, -0.25) is 4.79 Å². The van der Waals surface area contributed by atoms with Crippen molar-refractivity contribution in [1.29, 1.82) is 0 Å². The van der Waals surface area contributed by atoms with E-state index in [0.29, 0.717) is 0 Å². The molecule has 0 spiro atoms. The maximum atomic E-state index is 10.9. The molecule has 2 N–H and O–H groups in total. The van der Waals surface area contributed by atoms with Crippen LogP contribution in [0, 0.1) is 0 Å². The second-order valence-electron chi connectivity index (χ2n) is 2.52. The fraction of sp³-hybridized carbons (Fsp3) is 0.100. The Morgan fingerprint density at radius 1 is 1.31 bits per heavy atom. The summed E-state index contributed by atoms with van der Waals surface area (Å²) in [5, 5.41) is 5.65. The molecule has 0 aliphatic rings. The van der Waals surface area contributed by atoms with Crippen LogP contribution < -0.4 is 10.6 Å². The number of rotatable bonds is 3. The van der Waals surface area contributed by atoms with E-state index >= 15 is 0 Å². The first kappa shape index (κ1) is 9.32. The zero-order valence-electron chi connectivity index (χ0n) is 7.50. The quantitative estimate of drug-likeness (QED) is 0.690. The zero-order chi connectivity index (χ0) is 9.68. The lowest BCUT2D eigenvalue weighted by Gasteiger charge is -2.03. The molecule has 1 rings (SSSR count). The van der Waals surface area contributed by atoms with Crippen molar-refractivity contribution in [3.05, 3.63) is 36.9 Å². The molecule has 1 amide bonds. The van der Waals surface area contributed by atoms with E-state index in [1.807, 2.05) is 31.3 Å². The lowest BCUT2D eigenvalue weighted by molar-refractivity contribution is -0.111. The minimum Gasteiger partial charge on any atom is -0.388 e. The van der Waals surface area contributed by atoms with Crippen molar-refractivity contribution in [3.8, 4) is 0 Å². The maximum Gasteiger partial charge on any atom is 0.247 e. The van der Waals surface area contributed by atoms with Gasteiger partial charge in [0.05, 0.1) is 0 Å². The molecule has 0 fully saturated rings. The third kappa shape index (κ3) is 2.63. The average molecular weight is 176 g/mol. The summed E-state index contributed by atoms with van der Waals surface area (Å²) in [7, 11) is 1.84. The van der Waals surface area contributed by atoms with Crippen molar-refractivity contribution >= 4 is 17.3 Å². The van der Waals surface area contributed by atoms with Crippen molar-refractivity contribution in [3.63, 3.8) is 0 Å². The van der Waals surface area contributed by atoms with Crippen LogP contribution in [-0.2, 0) is 4.79 Å². The van der Waals surface area contributed by atoms with E-state index < -0.39 is 0 Å². The molecule has 0 heterocycles. The van der Waals surface area contributed by atoms with Gasteiger partial charge in [-0.2, -0.15) is 0 Å². The summed E-state index contributed by atoms with van der Waals surface area (Å²) in [4.78, 5) is 10.9. The first-order chi connectivity index (χ1) is 6.26. The third-order valence-electron chi connectivity index (χ3n) is 1.63. The second-order valence-corrected chi connectivity index (χ2v) is 2.52. The number of hydrogen-bond donors (Lipinski definition) is 2. The molecule has 1 aromatic carbocycles. The first-order valence-corrected chi connectivity index (χ1v) is 3.97. The molecule has 1 aromatic rings. The molecule has 0 aliphatic heterocycles. The van der Waals surface area contributed by atoms with Crippen molar-refractivity contribution in [2.75, 3.05) is 17.7 Å². The maximum absolute atomic E-state index is 10.9. The fourth-order valence-electron chi connectivity index (χ4n) is 0.914. The van der Waals surface area contributed by atoms with Gasteiger partial charge in [-0.05, 0) is 30.3 Å². The lowest BCUT2D eigenvalue weighted by Crippen LogP contribution is -2.06. The van der Waals surface area contributed by atoms with Crippen LogP contribution in [-0.4, -0.2) is 13.0 Å². The van der Waals surface area contributed by atoms with Crippen LogP contribution in [0.3, 0.4) is 0 Å². The highest BCUT2D eigenvalue weighted by atomic mass is 16.1. The van der Waals surface area contributed by atoms with E-state index in [1.165, 1.54) is 6.08 Å². The summed E-state index contributed by atoms with van der Waals surface area (Å²) in [6.45, 7) is 3.37. The topological polar surface area (TPSA) is 41.1 Å². The Morgan fingerprint density at radius 2 is 1.85 bits per heavy atom. The van der Waals surface area contributed by atoms with Crippen molar-refractivity contribution in [2.24, 2.45) is 0 Å². The molecule has 0 bridgehead atoms. The number of hydrogen-bond acceptors (Lipinski definition) is 2.